The Bertz CT molecular complexity index is 2420. The number of nitrogens with zero attached hydrogens (tertiary/aromatic N) is 5. The maximum atomic E-state index is 5.30. The van der Waals surface area contributed by atoms with Crippen LogP contribution in [0.4, 0.5) is 0 Å². The number of rotatable bonds is 4. The van der Waals surface area contributed by atoms with Crippen molar-refractivity contribution in [3.05, 3.63) is 152 Å². The minimum atomic E-state index is 0.797. The molecule has 0 unspecified atom stereocenters. The predicted octanol–water partition coefficient (Wildman–Crippen LogP) is 9.40. The molecule has 0 saturated carbocycles. The van der Waals surface area contributed by atoms with E-state index in [4.69, 9.17) is 9.97 Å². The zero-order valence-corrected chi connectivity index (χ0v) is 23.7. The summed E-state index contributed by atoms with van der Waals surface area (Å²) in [5.41, 5.74) is 9.13. The van der Waals surface area contributed by atoms with Gasteiger partial charge in [0.15, 0.2) is 0 Å². The summed E-state index contributed by atoms with van der Waals surface area (Å²) in [7, 11) is 0. The Morgan fingerprint density at radius 3 is 1.64 bits per heavy atom. The van der Waals surface area contributed by atoms with E-state index in [0.717, 1.165) is 50.7 Å². The molecule has 9 aromatic rings. The van der Waals surface area contributed by atoms with Crippen LogP contribution in [0.15, 0.2) is 152 Å². The molecule has 0 radical (unpaired) electrons. The van der Waals surface area contributed by atoms with E-state index >= 15 is 0 Å². The van der Waals surface area contributed by atoms with Crippen molar-refractivity contribution in [3.63, 3.8) is 0 Å². The van der Waals surface area contributed by atoms with Crippen LogP contribution in [0.2, 0.25) is 0 Å². The second kappa shape index (κ2) is 9.75. The van der Waals surface area contributed by atoms with Crippen molar-refractivity contribution >= 4 is 43.6 Å². The second-order valence-electron chi connectivity index (χ2n) is 10.9. The van der Waals surface area contributed by atoms with Gasteiger partial charge in [0.05, 0.1) is 39.1 Å². The van der Waals surface area contributed by atoms with Crippen molar-refractivity contribution in [2.45, 2.75) is 0 Å². The number of fused-ring (bicyclic) bond motifs is 7. The van der Waals surface area contributed by atoms with Crippen molar-refractivity contribution < 1.29 is 0 Å². The van der Waals surface area contributed by atoms with E-state index in [0.29, 0.717) is 0 Å². The maximum Gasteiger partial charge on any atom is 0.139 e. The zero-order valence-electron chi connectivity index (χ0n) is 23.7. The molecule has 5 aromatic heterocycles. The number of benzene rings is 4. The molecule has 0 aliphatic carbocycles. The van der Waals surface area contributed by atoms with Gasteiger partial charge in [-0.1, -0.05) is 78.9 Å². The van der Waals surface area contributed by atoms with Crippen molar-refractivity contribution in [1.82, 2.24) is 24.1 Å². The van der Waals surface area contributed by atoms with Crippen molar-refractivity contribution in [3.8, 4) is 34.2 Å². The fraction of sp³-hybridized carbons (Fsp3) is 0. The Hall–Kier alpha value is -6.07. The summed E-state index contributed by atoms with van der Waals surface area (Å²) in [5.74, 6) is 0.817. The van der Waals surface area contributed by atoms with E-state index in [-0.39, 0.29) is 0 Å². The van der Waals surface area contributed by atoms with E-state index in [1.165, 1.54) is 27.1 Å². The summed E-state index contributed by atoms with van der Waals surface area (Å²) in [4.78, 5) is 14.7. The highest BCUT2D eigenvalue weighted by Gasteiger charge is 2.22. The molecule has 0 aliphatic rings. The van der Waals surface area contributed by atoms with E-state index in [2.05, 4.69) is 117 Å². The Morgan fingerprint density at radius 2 is 0.977 bits per heavy atom. The third-order valence-corrected chi connectivity index (χ3v) is 8.41. The average Bonchev–Trinajstić information content (AvgIpc) is 3.62. The molecule has 0 fully saturated rings. The zero-order chi connectivity index (χ0) is 29.0. The lowest BCUT2D eigenvalue weighted by molar-refractivity contribution is 1.07. The average molecular weight is 564 g/mol. The van der Waals surface area contributed by atoms with Gasteiger partial charge in [0.2, 0.25) is 0 Å². The molecule has 5 heteroatoms. The van der Waals surface area contributed by atoms with E-state index < -0.39 is 0 Å². The largest absolute Gasteiger partial charge is 0.307 e. The highest BCUT2D eigenvalue weighted by molar-refractivity contribution is 6.23. The monoisotopic (exact) mass is 563 g/mol. The van der Waals surface area contributed by atoms with Gasteiger partial charge in [-0.2, -0.15) is 0 Å². The molecule has 0 atom stereocenters. The van der Waals surface area contributed by atoms with Crippen LogP contribution in [0.25, 0.3) is 77.8 Å². The van der Waals surface area contributed by atoms with Crippen LogP contribution >= 0.6 is 0 Å². The molecule has 0 N–H and O–H groups in total. The molecule has 5 heterocycles. The number of hydrogen-bond donors (Lipinski definition) is 0. The SMILES string of the molecule is c1ccc(-n2c3ccccc3c3ccc4c5ccccc5n(-c5cc(-c6ccccn6)cc(-c6ccccn6)n5)c4c32)cc1. The Morgan fingerprint density at radius 1 is 0.409 bits per heavy atom. The highest BCUT2D eigenvalue weighted by atomic mass is 15.1. The normalized spacial score (nSPS) is 11.6. The van der Waals surface area contributed by atoms with Gasteiger partial charge in [-0.3, -0.25) is 14.5 Å². The lowest BCUT2D eigenvalue weighted by Crippen LogP contribution is -2.02. The Labute approximate surface area is 253 Å². The second-order valence-corrected chi connectivity index (χ2v) is 10.9. The van der Waals surface area contributed by atoms with Gasteiger partial charge in [-0.25, -0.2) is 4.98 Å². The van der Waals surface area contributed by atoms with Gasteiger partial charge in [0.1, 0.15) is 5.82 Å². The smallest absolute Gasteiger partial charge is 0.139 e. The molecular weight excluding hydrogens is 538 g/mol. The van der Waals surface area contributed by atoms with Gasteiger partial charge < -0.3 is 4.57 Å². The molecule has 5 nitrogen and oxygen atoms in total. The third kappa shape index (κ3) is 3.69. The van der Waals surface area contributed by atoms with Crippen LogP contribution in [0.1, 0.15) is 0 Å². The molecule has 4 aromatic carbocycles. The first-order valence-corrected chi connectivity index (χ1v) is 14.7. The lowest BCUT2D eigenvalue weighted by atomic mass is 10.1. The molecule has 0 amide bonds. The standard InChI is InChI=1S/C39H25N5/c1-2-12-27(13-3-1)43-35-18-6-4-14-28(35)30-20-21-31-29-15-5-7-19-36(29)44(39(31)38(30)43)37-25-26(32-16-8-10-22-40-32)24-34(42-37)33-17-9-11-23-41-33/h1-25H. The summed E-state index contributed by atoms with van der Waals surface area (Å²) in [6.07, 6.45) is 3.64. The van der Waals surface area contributed by atoms with Crippen molar-refractivity contribution in [1.29, 1.82) is 0 Å². The summed E-state index contributed by atoms with van der Waals surface area (Å²) in [6.45, 7) is 0. The van der Waals surface area contributed by atoms with Crippen LogP contribution in [0, 0.1) is 0 Å². The molecule has 0 bridgehead atoms. The number of pyridine rings is 3. The first-order chi connectivity index (χ1) is 21.8. The topological polar surface area (TPSA) is 48.5 Å². The third-order valence-electron chi connectivity index (χ3n) is 8.41. The number of aromatic nitrogens is 5. The van der Waals surface area contributed by atoms with Crippen LogP contribution in [-0.2, 0) is 0 Å². The fourth-order valence-electron chi connectivity index (χ4n) is 6.54. The predicted molar refractivity (Wildman–Crippen MR) is 179 cm³/mol. The number of para-hydroxylation sites is 3. The molecule has 206 valence electrons. The first-order valence-electron chi connectivity index (χ1n) is 14.7. The Balaban J connectivity index is 1.48. The molecular formula is C39H25N5. The van der Waals surface area contributed by atoms with Gasteiger partial charge in [-0.15, -0.1) is 0 Å². The first kappa shape index (κ1) is 24.5. The number of hydrogen-bond acceptors (Lipinski definition) is 3. The van der Waals surface area contributed by atoms with Gasteiger partial charge in [-0.05, 0) is 60.7 Å². The molecule has 44 heavy (non-hydrogen) atoms. The summed E-state index contributed by atoms with van der Waals surface area (Å²) >= 11 is 0. The lowest BCUT2D eigenvalue weighted by Gasteiger charge is -2.14. The highest BCUT2D eigenvalue weighted by Crippen LogP contribution is 2.42. The fourth-order valence-corrected chi connectivity index (χ4v) is 6.54. The van der Waals surface area contributed by atoms with Gasteiger partial charge in [0, 0.05) is 45.2 Å². The van der Waals surface area contributed by atoms with Crippen LogP contribution in [0.3, 0.4) is 0 Å². The van der Waals surface area contributed by atoms with Crippen LogP contribution in [0.5, 0.6) is 0 Å². The minimum Gasteiger partial charge on any atom is -0.307 e. The van der Waals surface area contributed by atoms with Crippen molar-refractivity contribution in [2.24, 2.45) is 0 Å². The Kier molecular flexibility index (Phi) is 5.43. The molecule has 0 saturated heterocycles. The van der Waals surface area contributed by atoms with Crippen LogP contribution < -0.4 is 0 Å². The van der Waals surface area contributed by atoms with E-state index in [9.17, 15) is 0 Å². The van der Waals surface area contributed by atoms with Crippen LogP contribution in [-0.4, -0.2) is 24.1 Å². The maximum absolute atomic E-state index is 5.30. The molecule has 0 spiro atoms. The van der Waals surface area contributed by atoms with E-state index in [1.807, 2.05) is 48.8 Å². The summed E-state index contributed by atoms with van der Waals surface area (Å²) in [6, 6.07) is 48.6. The molecule has 9 rings (SSSR count). The van der Waals surface area contributed by atoms with Crippen molar-refractivity contribution in [2.75, 3.05) is 0 Å². The summed E-state index contributed by atoms with van der Waals surface area (Å²) in [5, 5.41) is 4.78. The van der Waals surface area contributed by atoms with E-state index in [1.54, 1.807) is 0 Å². The quantitative estimate of drug-likeness (QED) is 0.214. The van der Waals surface area contributed by atoms with Gasteiger partial charge in [0.25, 0.3) is 0 Å². The van der Waals surface area contributed by atoms with Gasteiger partial charge >= 0.3 is 0 Å². The molecule has 0 aliphatic heterocycles. The summed E-state index contributed by atoms with van der Waals surface area (Å²) < 4.78 is 4.72. The minimum absolute atomic E-state index is 0.797.